The van der Waals surface area contributed by atoms with Crippen molar-refractivity contribution in [2.24, 2.45) is 56.7 Å². The normalized spacial score (nSPS) is 36.3. The van der Waals surface area contributed by atoms with Crippen LogP contribution in [0.15, 0.2) is 36.2 Å². The van der Waals surface area contributed by atoms with Crippen LogP contribution in [-0.4, -0.2) is 12.1 Å². The summed E-state index contributed by atoms with van der Waals surface area (Å²) in [6.07, 6.45) is 40.7. The zero-order valence-corrected chi connectivity index (χ0v) is 41.0. The first-order chi connectivity index (χ1) is 27.2. The molecule has 0 N–H and O–H groups in total. The van der Waals surface area contributed by atoms with Gasteiger partial charge in [-0.3, -0.25) is 0 Å². The highest BCUT2D eigenvalue weighted by Crippen LogP contribution is 2.75. The minimum absolute atomic E-state index is 0. The third-order valence-corrected chi connectivity index (χ3v) is 18.9. The Morgan fingerprint density at radius 1 is 0.724 bits per heavy atom. The Labute approximate surface area is 369 Å². The van der Waals surface area contributed by atoms with Crippen LogP contribution in [-0.2, 0) is 11.3 Å². The van der Waals surface area contributed by atoms with Crippen molar-refractivity contribution in [3.8, 4) is 0 Å². The van der Waals surface area contributed by atoms with Crippen molar-refractivity contribution in [1.29, 1.82) is 0 Å². The van der Waals surface area contributed by atoms with Crippen LogP contribution in [0.3, 0.4) is 0 Å². The number of aromatic nitrogens is 1. The first-order valence-electron chi connectivity index (χ1n) is 25.1. The number of carbonyl (C=O) groups is 1. The largest absolute Gasteiger partial charge is 1.00 e. The quantitative estimate of drug-likeness (QED) is 0.0600. The number of esters is 1. The van der Waals surface area contributed by atoms with Crippen LogP contribution in [0.1, 0.15) is 233 Å². The fraction of sp³-hybridized carbons (Fsp3) is 0.852. The molecule has 5 aliphatic rings. The molecular formula is C54H90BrNO2. The van der Waals surface area contributed by atoms with Gasteiger partial charge in [0, 0.05) is 17.9 Å². The second kappa shape index (κ2) is 20.4. The van der Waals surface area contributed by atoms with E-state index in [4.69, 9.17) is 4.74 Å². The number of hydrogen-bond acceptors (Lipinski definition) is 2. The molecule has 5 aliphatic carbocycles. The lowest BCUT2D eigenvalue weighted by atomic mass is 9.33. The molecule has 0 aliphatic heterocycles. The van der Waals surface area contributed by atoms with Gasteiger partial charge in [0.15, 0.2) is 12.4 Å². The number of rotatable bonds is 19. The second-order valence-corrected chi connectivity index (χ2v) is 22.7. The molecule has 6 rings (SSSR count). The third kappa shape index (κ3) is 9.73. The molecule has 0 aromatic carbocycles. The number of hydrogen-bond donors (Lipinski definition) is 0. The minimum Gasteiger partial charge on any atom is -1.00 e. The van der Waals surface area contributed by atoms with Gasteiger partial charge in [0.2, 0.25) is 0 Å². The van der Waals surface area contributed by atoms with Crippen molar-refractivity contribution >= 4 is 5.97 Å². The lowest BCUT2D eigenvalue weighted by Gasteiger charge is -2.71. The van der Waals surface area contributed by atoms with Crippen LogP contribution < -0.4 is 21.5 Å². The Morgan fingerprint density at radius 3 is 1.95 bits per heavy atom. The lowest BCUT2D eigenvalue weighted by Crippen LogP contribution is -3.00. The first-order valence-corrected chi connectivity index (χ1v) is 25.1. The van der Waals surface area contributed by atoms with Crippen molar-refractivity contribution in [2.45, 2.75) is 235 Å². The van der Waals surface area contributed by atoms with Crippen molar-refractivity contribution < 1.29 is 31.1 Å². The van der Waals surface area contributed by atoms with Gasteiger partial charge in [-0.2, -0.15) is 0 Å². The Bertz CT molecular complexity index is 1500. The SMILES string of the molecule is CCCCCCCCCCCCCCCCCC[n+]1cccc(C(=O)O[C@H]2CC[C@]3(C)[C@H]4CC=C5[C@@H]6[C@@H](C)[C@H](C)CC[C@]6(C)CC[C@@]5(C)[C@]4(C)CC[C@H]3C2(C)C)c1.[Br-]. The van der Waals surface area contributed by atoms with E-state index in [9.17, 15) is 4.79 Å². The molecule has 4 fully saturated rings. The van der Waals surface area contributed by atoms with E-state index in [1.807, 2.05) is 17.7 Å². The number of allylic oxidation sites excluding steroid dienone is 2. The van der Waals surface area contributed by atoms with E-state index in [1.165, 1.54) is 154 Å². The maximum atomic E-state index is 13.8. The first kappa shape index (κ1) is 47.9. The summed E-state index contributed by atoms with van der Waals surface area (Å²) in [7, 11) is 0. The van der Waals surface area contributed by atoms with E-state index in [2.05, 4.69) is 85.4 Å². The second-order valence-electron chi connectivity index (χ2n) is 22.7. The van der Waals surface area contributed by atoms with Crippen LogP contribution in [0.4, 0.5) is 0 Å². The predicted molar refractivity (Wildman–Crippen MR) is 240 cm³/mol. The van der Waals surface area contributed by atoms with Gasteiger partial charge in [0.05, 0.1) is 0 Å². The van der Waals surface area contributed by atoms with E-state index >= 15 is 0 Å². The summed E-state index contributed by atoms with van der Waals surface area (Å²) < 4.78 is 8.79. The monoisotopic (exact) mass is 864 g/mol. The van der Waals surface area contributed by atoms with Crippen LogP contribution >= 0.6 is 0 Å². The average molecular weight is 865 g/mol. The molecule has 4 saturated carbocycles. The highest BCUT2D eigenvalue weighted by atomic mass is 79.9. The van der Waals surface area contributed by atoms with Gasteiger partial charge in [0.1, 0.15) is 18.2 Å². The Hall–Kier alpha value is -1.16. The number of ether oxygens (including phenoxy) is 1. The molecule has 0 saturated heterocycles. The lowest BCUT2D eigenvalue weighted by molar-refractivity contribution is -0.697. The Kier molecular flexibility index (Phi) is 16.8. The van der Waals surface area contributed by atoms with E-state index in [0.717, 1.165) is 30.7 Å². The summed E-state index contributed by atoms with van der Waals surface area (Å²) in [6, 6.07) is 4.01. The number of nitrogens with zero attached hydrogens (tertiary/aromatic N) is 1. The van der Waals surface area contributed by atoms with Crippen molar-refractivity contribution in [3.63, 3.8) is 0 Å². The minimum atomic E-state index is -0.127. The number of halogens is 1. The van der Waals surface area contributed by atoms with Crippen molar-refractivity contribution in [3.05, 3.63) is 41.7 Å². The molecule has 1 aromatic heterocycles. The van der Waals surface area contributed by atoms with Crippen LogP contribution in [0.2, 0.25) is 0 Å². The van der Waals surface area contributed by atoms with E-state index in [1.54, 1.807) is 0 Å². The van der Waals surface area contributed by atoms with Gasteiger partial charge >= 0.3 is 5.97 Å². The van der Waals surface area contributed by atoms with Gasteiger partial charge in [-0.15, -0.1) is 0 Å². The smallest absolute Gasteiger partial charge is 0.344 e. The molecule has 0 bridgehead atoms. The van der Waals surface area contributed by atoms with Crippen LogP contribution in [0.25, 0.3) is 0 Å². The zero-order chi connectivity index (χ0) is 40.9. The molecule has 1 heterocycles. The summed E-state index contributed by atoms with van der Waals surface area (Å²) >= 11 is 0. The summed E-state index contributed by atoms with van der Waals surface area (Å²) in [5.74, 6) is 3.48. The van der Waals surface area contributed by atoms with Crippen molar-refractivity contribution in [1.82, 2.24) is 0 Å². The number of pyridine rings is 1. The third-order valence-electron chi connectivity index (χ3n) is 18.9. The molecule has 3 nitrogen and oxygen atoms in total. The standard InChI is InChI=1S/C54H90NO2.BrH/c1-10-11-12-13-14-15-16-17-18-19-20-21-22-23-24-25-38-55-39-26-27-43(40-55)49(56)57-47-32-34-52(7)45(50(47,4)5)31-35-54(9)46(52)29-28-44-48-42(3)41(2)30-33-51(48,6)36-37-53(44,54)8;/h26-28,39-42,45-48H,10-25,29-38H2,1-9H3;1H/q+1;/p-1/t41-,42+,45+,46-,47+,48+,51-,52+,53-,54-;/m1./s1. The molecule has 10 atom stereocenters. The molecule has 58 heavy (non-hydrogen) atoms. The fourth-order valence-electron chi connectivity index (χ4n) is 14.9. The molecule has 1 aromatic rings. The molecule has 330 valence electrons. The van der Waals surface area contributed by atoms with Crippen LogP contribution in [0, 0.1) is 56.7 Å². The Balaban J connectivity index is 0.00000641. The summed E-state index contributed by atoms with van der Waals surface area (Å²) in [4.78, 5) is 13.8. The maximum absolute atomic E-state index is 13.8. The van der Waals surface area contributed by atoms with Gasteiger partial charge in [-0.25, -0.2) is 9.36 Å². The molecule has 0 unspecified atom stereocenters. The predicted octanol–water partition coefficient (Wildman–Crippen LogP) is 12.4. The van der Waals surface area contributed by atoms with Gasteiger partial charge in [0.25, 0.3) is 0 Å². The van der Waals surface area contributed by atoms with E-state index in [0.29, 0.717) is 33.6 Å². The zero-order valence-electron chi connectivity index (χ0n) is 39.4. The highest BCUT2D eigenvalue weighted by molar-refractivity contribution is 5.88. The van der Waals surface area contributed by atoms with Crippen molar-refractivity contribution in [2.75, 3.05) is 0 Å². The van der Waals surface area contributed by atoms with E-state index in [-0.39, 0.29) is 39.9 Å². The highest BCUT2D eigenvalue weighted by Gasteiger charge is 2.68. The van der Waals surface area contributed by atoms with Gasteiger partial charge < -0.3 is 21.7 Å². The topological polar surface area (TPSA) is 30.2 Å². The van der Waals surface area contributed by atoms with Gasteiger partial charge in [-0.05, 0) is 122 Å². The van der Waals surface area contributed by atoms with E-state index < -0.39 is 0 Å². The number of aryl methyl sites for hydroxylation is 1. The molecule has 0 radical (unpaired) electrons. The van der Waals surface area contributed by atoms with Crippen LogP contribution in [0.5, 0.6) is 0 Å². The summed E-state index contributed by atoms with van der Waals surface area (Å²) in [6.45, 7) is 24.0. The molecular weight excluding hydrogens is 775 g/mol. The summed E-state index contributed by atoms with van der Waals surface area (Å²) in [5.41, 5.74) is 3.89. The fourth-order valence-corrected chi connectivity index (χ4v) is 14.9. The number of unbranched alkanes of at least 4 members (excludes halogenated alkanes) is 15. The molecule has 0 spiro atoms. The maximum Gasteiger partial charge on any atom is 0.344 e. The number of fused-ring (bicyclic) bond motifs is 7. The average Bonchev–Trinajstić information content (AvgIpc) is 3.18. The van der Waals surface area contributed by atoms with Gasteiger partial charge in [-0.1, -0.05) is 164 Å². The number of carbonyl (C=O) groups excluding carboxylic acids is 1. The Morgan fingerprint density at radius 2 is 1.33 bits per heavy atom. The molecule has 4 heteroatoms. The summed E-state index contributed by atoms with van der Waals surface area (Å²) in [5, 5.41) is 0. The molecule has 0 amide bonds.